The second kappa shape index (κ2) is 3.82. The molecule has 2 unspecified atom stereocenters. The van der Waals surface area contributed by atoms with Crippen LogP contribution in [0.5, 0.6) is 0 Å². The Morgan fingerprint density at radius 3 is 3.21 bits per heavy atom. The lowest BCUT2D eigenvalue weighted by Crippen LogP contribution is -2.08. The van der Waals surface area contributed by atoms with Crippen molar-refractivity contribution in [3.63, 3.8) is 0 Å². The van der Waals surface area contributed by atoms with E-state index in [1.165, 1.54) is 19.3 Å². The van der Waals surface area contributed by atoms with E-state index in [1.807, 2.05) is 0 Å². The normalized spacial score (nSPS) is 24.6. The molecule has 3 N–H and O–H groups in total. The molecule has 2 atom stereocenters. The molecule has 4 nitrogen and oxygen atoms in total. The van der Waals surface area contributed by atoms with E-state index in [9.17, 15) is 0 Å². The van der Waals surface area contributed by atoms with Crippen LogP contribution in [0.2, 0.25) is 0 Å². The van der Waals surface area contributed by atoms with E-state index in [-0.39, 0.29) is 0 Å². The maximum atomic E-state index is 5.56. The van der Waals surface area contributed by atoms with Crippen molar-refractivity contribution in [1.82, 2.24) is 9.97 Å². The summed E-state index contributed by atoms with van der Waals surface area (Å²) in [7, 11) is 0. The zero-order valence-electron chi connectivity index (χ0n) is 8.40. The predicted molar refractivity (Wildman–Crippen MR) is 56.9 cm³/mol. The van der Waals surface area contributed by atoms with Crippen molar-refractivity contribution in [2.75, 3.05) is 11.1 Å². The van der Waals surface area contributed by atoms with E-state index in [0.717, 1.165) is 5.92 Å². The molecule has 2 rings (SSSR count). The number of nitrogens with one attached hydrogen (secondary N) is 1. The Labute approximate surface area is 83.9 Å². The van der Waals surface area contributed by atoms with Gasteiger partial charge in [0.05, 0.1) is 0 Å². The molecule has 0 bridgehead atoms. The summed E-state index contributed by atoms with van der Waals surface area (Å²) in [5.41, 5.74) is 5.56. The van der Waals surface area contributed by atoms with Crippen molar-refractivity contribution in [2.24, 2.45) is 5.92 Å². The Bertz CT molecular complexity index is 313. The highest BCUT2D eigenvalue weighted by Crippen LogP contribution is 2.36. The fourth-order valence-corrected chi connectivity index (χ4v) is 1.72. The Hall–Kier alpha value is -1.32. The van der Waals surface area contributed by atoms with Gasteiger partial charge in [-0.3, -0.25) is 0 Å². The Balaban J connectivity index is 1.87. The maximum absolute atomic E-state index is 5.56. The molecule has 1 saturated carbocycles. The van der Waals surface area contributed by atoms with Crippen molar-refractivity contribution in [3.05, 3.63) is 12.3 Å². The standard InChI is InChI=1S/C10H16N4/c1-2-3-7-6-8(7)13-10-12-5-4-9(11)14-10/h4-5,7-8H,2-3,6H2,1H3,(H3,11,12,13,14). The van der Waals surface area contributed by atoms with E-state index in [0.29, 0.717) is 17.8 Å². The highest BCUT2D eigenvalue weighted by atomic mass is 15.1. The summed E-state index contributed by atoms with van der Waals surface area (Å²) in [6.45, 7) is 2.21. The molecule has 1 aromatic rings. The van der Waals surface area contributed by atoms with Crippen LogP contribution in [0.3, 0.4) is 0 Å². The highest BCUT2D eigenvalue weighted by molar-refractivity contribution is 5.37. The Morgan fingerprint density at radius 1 is 1.64 bits per heavy atom. The molecule has 1 aliphatic rings. The van der Waals surface area contributed by atoms with Crippen molar-refractivity contribution in [3.8, 4) is 0 Å². The van der Waals surface area contributed by atoms with Crippen LogP contribution in [0.1, 0.15) is 26.2 Å². The SMILES string of the molecule is CCCC1CC1Nc1nccc(N)n1. The number of nitrogens with two attached hydrogens (primary N) is 1. The monoisotopic (exact) mass is 192 g/mol. The minimum atomic E-state index is 0.523. The second-order valence-corrected chi connectivity index (χ2v) is 3.84. The first-order chi connectivity index (χ1) is 6.79. The highest BCUT2D eigenvalue weighted by Gasteiger charge is 2.36. The maximum Gasteiger partial charge on any atom is 0.224 e. The van der Waals surface area contributed by atoms with Gasteiger partial charge in [0.1, 0.15) is 5.82 Å². The summed E-state index contributed by atoms with van der Waals surface area (Å²) in [4.78, 5) is 8.22. The van der Waals surface area contributed by atoms with Gasteiger partial charge in [-0.15, -0.1) is 0 Å². The van der Waals surface area contributed by atoms with Crippen LogP contribution in [0.25, 0.3) is 0 Å². The first kappa shape index (κ1) is 9.24. The van der Waals surface area contributed by atoms with E-state index in [1.54, 1.807) is 12.3 Å². The minimum Gasteiger partial charge on any atom is -0.384 e. The van der Waals surface area contributed by atoms with Crippen LogP contribution in [0.15, 0.2) is 12.3 Å². The number of nitrogen functional groups attached to an aromatic ring is 1. The zero-order valence-corrected chi connectivity index (χ0v) is 8.40. The summed E-state index contributed by atoms with van der Waals surface area (Å²) in [6.07, 6.45) is 5.47. The van der Waals surface area contributed by atoms with Gasteiger partial charge in [-0.05, 0) is 24.8 Å². The number of nitrogens with zero attached hydrogens (tertiary/aromatic N) is 2. The van der Waals surface area contributed by atoms with Gasteiger partial charge in [0.2, 0.25) is 5.95 Å². The topological polar surface area (TPSA) is 63.8 Å². The zero-order chi connectivity index (χ0) is 9.97. The summed E-state index contributed by atoms with van der Waals surface area (Å²) in [5, 5.41) is 3.29. The largest absolute Gasteiger partial charge is 0.384 e. The molecule has 0 amide bonds. The number of hydrogen-bond acceptors (Lipinski definition) is 4. The lowest BCUT2D eigenvalue weighted by atomic mass is 10.2. The molecule has 1 aliphatic carbocycles. The van der Waals surface area contributed by atoms with Crippen molar-refractivity contribution < 1.29 is 0 Å². The van der Waals surface area contributed by atoms with Gasteiger partial charge in [0, 0.05) is 12.2 Å². The Kier molecular flexibility index (Phi) is 2.52. The van der Waals surface area contributed by atoms with Crippen LogP contribution < -0.4 is 11.1 Å². The van der Waals surface area contributed by atoms with Crippen LogP contribution in [0.4, 0.5) is 11.8 Å². The van der Waals surface area contributed by atoms with Gasteiger partial charge in [-0.25, -0.2) is 4.98 Å². The van der Waals surface area contributed by atoms with Crippen molar-refractivity contribution >= 4 is 11.8 Å². The van der Waals surface area contributed by atoms with E-state index >= 15 is 0 Å². The third-order valence-corrected chi connectivity index (χ3v) is 2.57. The van der Waals surface area contributed by atoms with Gasteiger partial charge in [0.15, 0.2) is 0 Å². The summed E-state index contributed by atoms with van der Waals surface area (Å²) >= 11 is 0. The van der Waals surface area contributed by atoms with Crippen molar-refractivity contribution in [2.45, 2.75) is 32.2 Å². The molecule has 0 aliphatic heterocycles. The smallest absolute Gasteiger partial charge is 0.224 e. The lowest BCUT2D eigenvalue weighted by Gasteiger charge is -2.03. The van der Waals surface area contributed by atoms with Gasteiger partial charge >= 0.3 is 0 Å². The molecule has 0 radical (unpaired) electrons. The fourth-order valence-electron chi connectivity index (χ4n) is 1.72. The molecule has 14 heavy (non-hydrogen) atoms. The summed E-state index contributed by atoms with van der Waals surface area (Å²) in [6, 6.07) is 2.26. The number of aromatic nitrogens is 2. The first-order valence-corrected chi connectivity index (χ1v) is 5.14. The first-order valence-electron chi connectivity index (χ1n) is 5.14. The fraction of sp³-hybridized carbons (Fsp3) is 0.600. The molecular weight excluding hydrogens is 176 g/mol. The number of hydrogen-bond donors (Lipinski definition) is 2. The van der Waals surface area contributed by atoms with E-state index < -0.39 is 0 Å². The Morgan fingerprint density at radius 2 is 2.50 bits per heavy atom. The quantitative estimate of drug-likeness (QED) is 0.761. The van der Waals surface area contributed by atoms with Crippen LogP contribution in [0, 0.1) is 5.92 Å². The average Bonchev–Trinajstić information content (AvgIpc) is 2.84. The predicted octanol–water partition coefficient (Wildman–Crippen LogP) is 1.66. The molecule has 0 aromatic carbocycles. The van der Waals surface area contributed by atoms with Crippen LogP contribution >= 0.6 is 0 Å². The summed E-state index contributed by atoms with van der Waals surface area (Å²) < 4.78 is 0. The van der Waals surface area contributed by atoms with E-state index in [2.05, 4.69) is 22.2 Å². The number of anilines is 2. The molecule has 0 spiro atoms. The molecule has 1 fully saturated rings. The third kappa shape index (κ3) is 2.13. The van der Waals surface area contributed by atoms with Crippen LogP contribution in [-0.4, -0.2) is 16.0 Å². The molecule has 76 valence electrons. The molecule has 4 heteroatoms. The molecule has 0 saturated heterocycles. The second-order valence-electron chi connectivity index (χ2n) is 3.84. The lowest BCUT2D eigenvalue weighted by molar-refractivity contribution is 0.691. The minimum absolute atomic E-state index is 0.523. The average molecular weight is 192 g/mol. The third-order valence-electron chi connectivity index (χ3n) is 2.57. The molecular formula is C10H16N4. The molecule has 1 heterocycles. The van der Waals surface area contributed by atoms with Gasteiger partial charge in [-0.2, -0.15) is 4.98 Å². The van der Waals surface area contributed by atoms with Gasteiger partial charge < -0.3 is 11.1 Å². The van der Waals surface area contributed by atoms with Crippen molar-refractivity contribution in [1.29, 1.82) is 0 Å². The summed E-state index contributed by atoms with van der Waals surface area (Å²) in [5.74, 6) is 1.99. The number of rotatable bonds is 4. The van der Waals surface area contributed by atoms with E-state index in [4.69, 9.17) is 5.73 Å². The van der Waals surface area contributed by atoms with Gasteiger partial charge in [-0.1, -0.05) is 13.3 Å². The van der Waals surface area contributed by atoms with Crippen LogP contribution in [-0.2, 0) is 0 Å². The van der Waals surface area contributed by atoms with Gasteiger partial charge in [0.25, 0.3) is 0 Å². The molecule has 1 aromatic heterocycles.